The van der Waals surface area contributed by atoms with Crippen LogP contribution in [0.4, 0.5) is 0 Å². The van der Waals surface area contributed by atoms with E-state index in [1.165, 1.54) is 19.3 Å². The Kier molecular flexibility index (Phi) is 3.82. The van der Waals surface area contributed by atoms with Crippen LogP contribution in [0.5, 0.6) is 0 Å². The Morgan fingerprint density at radius 3 is 2.82 bits per heavy atom. The number of imide groups is 1. The predicted octanol–water partition coefficient (Wildman–Crippen LogP) is 1.31. The molecule has 2 fully saturated rings. The van der Waals surface area contributed by atoms with Gasteiger partial charge in [-0.2, -0.15) is 0 Å². The molecular weight excluding hydrogens is 216 g/mol. The summed E-state index contributed by atoms with van der Waals surface area (Å²) in [5.74, 6) is -0.142. The summed E-state index contributed by atoms with van der Waals surface area (Å²) >= 11 is 0. The molecule has 0 bridgehead atoms. The van der Waals surface area contributed by atoms with Crippen molar-refractivity contribution in [2.24, 2.45) is 5.41 Å². The first-order valence-electron chi connectivity index (χ1n) is 6.73. The molecule has 2 heterocycles. The zero-order chi connectivity index (χ0) is 12.3. The standard InChI is InChI=1S/C13H22N2O2/c1-2-3-4-8-15-9-7-13(10-15)6-5-11(16)14-12(13)17/h2-10H2,1H3,(H,14,16,17). The van der Waals surface area contributed by atoms with E-state index >= 15 is 0 Å². The summed E-state index contributed by atoms with van der Waals surface area (Å²) in [7, 11) is 0. The quantitative estimate of drug-likeness (QED) is 0.593. The number of amides is 2. The molecule has 2 amide bonds. The molecule has 1 unspecified atom stereocenters. The van der Waals surface area contributed by atoms with E-state index in [1.54, 1.807) is 0 Å². The van der Waals surface area contributed by atoms with E-state index in [0.29, 0.717) is 6.42 Å². The van der Waals surface area contributed by atoms with Crippen LogP contribution in [0.2, 0.25) is 0 Å². The van der Waals surface area contributed by atoms with Gasteiger partial charge < -0.3 is 4.90 Å². The van der Waals surface area contributed by atoms with Crippen molar-refractivity contribution in [3.8, 4) is 0 Å². The third-order valence-electron chi connectivity index (χ3n) is 4.08. The Morgan fingerprint density at radius 2 is 2.12 bits per heavy atom. The lowest BCUT2D eigenvalue weighted by molar-refractivity contribution is -0.141. The molecule has 1 spiro atoms. The summed E-state index contributed by atoms with van der Waals surface area (Å²) in [6.07, 6.45) is 5.87. The van der Waals surface area contributed by atoms with Crippen molar-refractivity contribution in [2.75, 3.05) is 19.6 Å². The molecule has 96 valence electrons. The van der Waals surface area contributed by atoms with Crippen LogP contribution in [0.1, 0.15) is 45.4 Å². The zero-order valence-corrected chi connectivity index (χ0v) is 10.6. The minimum Gasteiger partial charge on any atom is -0.302 e. The van der Waals surface area contributed by atoms with Crippen LogP contribution >= 0.6 is 0 Å². The Balaban J connectivity index is 1.87. The van der Waals surface area contributed by atoms with Gasteiger partial charge in [-0.25, -0.2) is 0 Å². The summed E-state index contributed by atoms with van der Waals surface area (Å²) in [4.78, 5) is 25.5. The number of carbonyl (C=O) groups excluding carboxylic acids is 2. The second-order valence-corrected chi connectivity index (χ2v) is 5.39. The number of unbranched alkanes of at least 4 members (excludes halogenated alkanes) is 2. The van der Waals surface area contributed by atoms with E-state index < -0.39 is 0 Å². The predicted molar refractivity (Wildman–Crippen MR) is 65.4 cm³/mol. The molecule has 0 aromatic rings. The molecular formula is C13H22N2O2. The number of hydrogen-bond acceptors (Lipinski definition) is 3. The number of piperidine rings is 1. The molecule has 1 N–H and O–H groups in total. The number of carbonyl (C=O) groups is 2. The van der Waals surface area contributed by atoms with Gasteiger partial charge in [0.2, 0.25) is 11.8 Å². The summed E-state index contributed by atoms with van der Waals surface area (Å²) in [5, 5.41) is 2.50. The molecule has 2 rings (SSSR count). The fraction of sp³-hybridized carbons (Fsp3) is 0.846. The normalized spacial score (nSPS) is 29.9. The molecule has 1 atom stereocenters. The van der Waals surface area contributed by atoms with Crippen molar-refractivity contribution in [3.63, 3.8) is 0 Å². The largest absolute Gasteiger partial charge is 0.302 e. The van der Waals surface area contributed by atoms with Gasteiger partial charge >= 0.3 is 0 Å². The fourth-order valence-electron chi connectivity index (χ4n) is 2.91. The van der Waals surface area contributed by atoms with Gasteiger partial charge in [-0.05, 0) is 32.4 Å². The highest BCUT2D eigenvalue weighted by Crippen LogP contribution is 2.37. The van der Waals surface area contributed by atoms with E-state index in [0.717, 1.165) is 32.5 Å². The molecule has 0 saturated carbocycles. The minimum atomic E-state index is -0.264. The maximum absolute atomic E-state index is 11.9. The molecule has 2 aliphatic heterocycles. The topological polar surface area (TPSA) is 49.4 Å². The fourth-order valence-corrected chi connectivity index (χ4v) is 2.91. The van der Waals surface area contributed by atoms with E-state index in [-0.39, 0.29) is 17.2 Å². The van der Waals surface area contributed by atoms with E-state index in [4.69, 9.17) is 0 Å². The molecule has 2 saturated heterocycles. The van der Waals surface area contributed by atoms with Gasteiger partial charge in [0.15, 0.2) is 0 Å². The number of rotatable bonds is 4. The van der Waals surface area contributed by atoms with Crippen molar-refractivity contribution in [3.05, 3.63) is 0 Å². The molecule has 0 aromatic heterocycles. The monoisotopic (exact) mass is 238 g/mol. The molecule has 0 aliphatic carbocycles. The van der Waals surface area contributed by atoms with Crippen LogP contribution in [0.3, 0.4) is 0 Å². The second-order valence-electron chi connectivity index (χ2n) is 5.39. The molecule has 17 heavy (non-hydrogen) atoms. The molecule has 0 radical (unpaired) electrons. The first-order chi connectivity index (χ1) is 8.16. The first-order valence-corrected chi connectivity index (χ1v) is 6.73. The van der Waals surface area contributed by atoms with Crippen LogP contribution in [0.25, 0.3) is 0 Å². The maximum Gasteiger partial charge on any atom is 0.234 e. The van der Waals surface area contributed by atoms with Crippen molar-refractivity contribution in [1.29, 1.82) is 0 Å². The number of hydrogen-bond donors (Lipinski definition) is 1. The number of nitrogens with one attached hydrogen (secondary N) is 1. The molecule has 4 heteroatoms. The van der Waals surface area contributed by atoms with Crippen molar-refractivity contribution >= 4 is 11.8 Å². The van der Waals surface area contributed by atoms with Crippen LogP contribution in [-0.2, 0) is 9.59 Å². The van der Waals surface area contributed by atoms with Gasteiger partial charge in [-0.15, -0.1) is 0 Å². The average Bonchev–Trinajstić information content (AvgIpc) is 2.70. The van der Waals surface area contributed by atoms with Gasteiger partial charge in [0.1, 0.15) is 0 Å². The summed E-state index contributed by atoms with van der Waals surface area (Å²) < 4.78 is 0. The van der Waals surface area contributed by atoms with Crippen LogP contribution in [-0.4, -0.2) is 36.3 Å². The zero-order valence-electron chi connectivity index (χ0n) is 10.6. The van der Waals surface area contributed by atoms with Gasteiger partial charge in [0.05, 0.1) is 5.41 Å². The average molecular weight is 238 g/mol. The Labute approximate surface area is 103 Å². The Bertz CT molecular complexity index is 317. The maximum atomic E-state index is 11.9. The van der Waals surface area contributed by atoms with E-state index in [2.05, 4.69) is 17.1 Å². The first kappa shape index (κ1) is 12.6. The van der Waals surface area contributed by atoms with Crippen LogP contribution < -0.4 is 5.32 Å². The smallest absolute Gasteiger partial charge is 0.234 e. The van der Waals surface area contributed by atoms with Crippen LogP contribution in [0, 0.1) is 5.41 Å². The molecule has 2 aliphatic rings. The summed E-state index contributed by atoms with van der Waals surface area (Å²) in [6.45, 7) is 5.14. The lowest BCUT2D eigenvalue weighted by Gasteiger charge is -2.31. The second kappa shape index (κ2) is 5.17. The third-order valence-corrected chi connectivity index (χ3v) is 4.08. The highest BCUT2D eigenvalue weighted by molar-refractivity contribution is 6.00. The van der Waals surface area contributed by atoms with Crippen LogP contribution in [0.15, 0.2) is 0 Å². The number of likely N-dealkylation sites (tertiary alicyclic amines) is 1. The van der Waals surface area contributed by atoms with Gasteiger partial charge in [0, 0.05) is 13.0 Å². The van der Waals surface area contributed by atoms with Crippen molar-refractivity contribution in [2.45, 2.75) is 45.4 Å². The SMILES string of the molecule is CCCCCN1CCC2(CCC(=O)NC2=O)C1. The molecule has 0 aromatic carbocycles. The summed E-state index contributed by atoms with van der Waals surface area (Å²) in [6, 6.07) is 0. The Hall–Kier alpha value is -0.900. The highest BCUT2D eigenvalue weighted by atomic mass is 16.2. The van der Waals surface area contributed by atoms with E-state index in [1.807, 2.05) is 0 Å². The van der Waals surface area contributed by atoms with Crippen molar-refractivity contribution < 1.29 is 9.59 Å². The molecule has 4 nitrogen and oxygen atoms in total. The minimum absolute atomic E-state index is 0.0354. The lowest BCUT2D eigenvalue weighted by atomic mass is 9.79. The third kappa shape index (κ3) is 2.68. The Morgan fingerprint density at radius 1 is 1.29 bits per heavy atom. The lowest BCUT2D eigenvalue weighted by Crippen LogP contribution is -2.50. The highest BCUT2D eigenvalue weighted by Gasteiger charge is 2.47. The van der Waals surface area contributed by atoms with E-state index in [9.17, 15) is 9.59 Å². The van der Waals surface area contributed by atoms with Gasteiger partial charge in [-0.1, -0.05) is 19.8 Å². The number of nitrogens with zero attached hydrogens (tertiary/aromatic N) is 1. The van der Waals surface area contributed by atoms with Gasteiger partial charge in [0.25, 0.3) is 0 Å². The van der Waals surface area contributed by atoms with Crippen molar-refractivity contribution in [1.82, 2.24) is 10.2 Å². The summed E-state index contributed by atoms with van der Waals surface area (Å²) in [5.41, 5.74) is -0.264. The van der Waals surface area contributed by atoms with Gasteiger partial charge in [-0.3, -0.25) is 14.9 Å².